The Hall–Kier alpha value is -3.29. The first-order valence-corrected chi connectivity index (χ1v) is 10.3. The minimum atomic E-state index is 0.560. The molecule has 7 nitrogen and oxygen atoms in total. The van der Waals surface area contributed by atoms with E-state index in [1.807, 2.05) is 53.3 Å². The molecule has 1 saturated heterocycles. The molecule has 30 heavy (non-hydrogen) atoms. The van der Waals surface area contributed by atoms with E-state index in [-0.39, 0.29) is 0 Å². The Bertz CT molecular complexity index is 1130. The minimum absolute atomic E-state index is 0.560. The number of benzene rings is 2. The van der Waals surface area contributed by atoms with Gasteiger partial charge in [-0.05, 0) is 24.3 Å². The third kappa shape index (κ3) is 4.03. The van der Waals surface area contributed by atoms with Crippen molar-refractivity contribution in [1.82, 2.24) is 29.5 Å². The Kier molecular flexibility index (Phi) is 5.13. The van der Waals surface area contributed by atoms with E-state index in [4.69, 9.17) is 10.7 Å². The molecule has 1 aliphatic heterocycles. The quantitative estimate of drug-likeness (QED) is 0.556. The molecule has 1 aliphatic rings. The van der Waals surface area contributed by atoms with Crippen molar-refractivity contribution in [2.24, 2.45) is 0 Å². The van der Waals surface area contributed by atoms with Crippen molar-refractivity contribution in [2.45, 2.75) is 13.1 Å². The summed E-state index contributed by atoms with van der Waals surface area (Å²) in [7, 11) is 0. The molecule has 152 valence electrons. The summed E-state index contributed by atoms with van der Waals surface area (Å²) in [5.74, 6) is 1.36. The molecular weight excluding hydrogens is 374 g/mol. The lowest BCUT2D eigenvalue weighted by molar-refractivity contribution is 0.120. The van der Waals surface area contributed by atoms with Gasteiger partial charge in [-0.25, -0.2) is 14.6 Å². The Morgan fingerprint density at radius 3 is 2.30 bits per heavy atom. The standard InChI is InChI=1S/C23H25N7/c24-23-20-8-4-5-9-21(20)26-22(27-23)17-29-12-10-28(11-13-29)15-18-14-25-30(16-18)19-6-2-1-3-7-19/h1-9,14,16H,10-13,15,17H2,(H2,24,26,27). The fraction of sp³-hybridized carbons (Fsp3) is 0.261. The molecule has 0 radical (unpaired) electrons. The maximum absolute atomic E-state index is 6.13. The van der Waals surface area contributed by atoms with E-state index in [9.17, 15) is 0 Å². The second kappa shape index (κ2) is 8.22. The van der Waals surface area contributed by atoms with Crippen LogP contribution < -0.4 is 5.73 Å². The topological polar surface area (TPSA) is 76.1 Å². The number of nitrogen functional groups attached to an aromatic ring is 1. The molecule has 4 aromatic rings. The van der Waals surface area contributed by atoms with Crippen molar-refractivity contribution in [2.75, 3.05) is 31.9 Å². The van der Waals surface area contributed by atoms with Gasteiger partial charge in [0.25, 0.3) is 0 Å². The van der Waals surface area contributed by atoms with Gasteiger partial charge in [0.1, 0.15) is 11.6 Å². The van der Waals surface area contributed by atoms with Crippen molar-refractivity contribution in [1.29, 1.82) is 0 Å². The predicted octanol–water partition coefficient (Wildman–Crippen LogP) is 2.72. The number of para-hydroxylation sites is 2. The third-order valence-corrected chi connectivity index (χ3v) is 5.57. The average molecular weight is 400 g/mol. The Balaban J connectivity index is 1.18. The van der Waals surface area contributed by atoms with Crippen LogP contribution in [0.15, 0.2) is 67.0 Å². The van der Waals surface area contributed by atoms with Crippen LogP contribution >= 0.6 is 0 Å². The third-order valence-electron chi connectivity index (χ3n) is 5.57. The number of nitrogens with two attached hydrogens (primary N) is 1. The zero-order chi connectivity index (χ0) is 20.3. The van der Waals surface area contributed by atoms with E-state index in [2.05, 4.69) is 38.2 Å². The second-order valence-corrected chi connectivity index (χ2v) is 7.72. The summed E-state index contributed by atoms with van der Waals surface area (Å²) in [6.45, 7) is 5.65. The van der Waals surface area contributed by atoms with Crippen LogP contribution in [-0.2, 0) is 13.1 Å². The van der Waals surface area contributed by atoms with E-state index in [0.29, 0.717) is 5.82 Å². The van der Waals surface area contributed by atoms with E-state index < -0.39 is 0 Å². The number of rotatable bonds is 5. The summed E-state index contributed by atoms with van der Waals surface area (Å²) in [5.41, 5.74) is 9.36. The van der Waals surface area contributed by atoms with E-state index >= 15 is 0 Å². The molecule has 2 aromatic carbocycles. The Morgan fingerprint density at radius 2 is 1.50 bits per heavy atom. The second-order valence-electron chi connectivity index (χ2n) is 7.72. The number of hydrogen-bond donors (Lipinski definition) is 1. The highest BCUT2D eigenvalue weighted by Crippen LogP contribution is 2.18. The molecular formula is C23H25N7. The van der Waals surface area contributed by atoms with Crippen LogP contribution in [0.1, 0.15) is 11.4 Å². The number of nitrogens with zero attached hydrogens (tertiary/aromatic N) is 6. The number of hydrogen-bond acceptors (Lipinski definition) is 6. The number of aromatic nitrogens is 4. The molecule has 0 amide bonds. The predicted molar refractivity (Wildman–Crippen MR) is 118 cm³/mol. The maximum atomic E-state index is 6.13. The molecule has 2 aromatic heterocycles. The molecule has 2 N–H and O–H groups in total. The van der Waals surface area contributed by atoms with Crippen molar-refractivity contribution < 1.29 is 0 Å². The van der Waals surface area contributed by atoms with Gasteiger partial charge in [0.15, 0.2) is 0 Å². The van der Waals surface area contributed by atoms with Crippen LogP contribution in [0.3, 0.4) is 0 Å². The monoisotopic (exact) mass is 399 g/mol. The molecule has 0 atom stereocenters. The summed E-state index contributed by atoms with van der Waals surface area (Å²) in [4.78, 5) is 14.1. The summed E-state index contributed by atoms with van der Waals surface area (Å²) in [5, 5.41) is 5.43. The van der Waals surface area contributed by atoms with Crippen molar-refractivity contribution >= 4 is 16.7 Å². The van der Waals surface area contributed by atoms with E-state index in [1.54, 1.807) is 0 Å². The lowest BCUT2D eigenvalue weighted by atomic mass is 10.2. The van der Waals surface area contributed by atoms with Gasteiger partial charge in [-0.15, -0.1) is 0 Å². The van der Waals surface area contributed by atoms with Gasteiger partial charge < -0.3 is 5.73 Å². The summed E-state index contributed by atoms with van der Waals surface area (Å²) in [6, 6.07) is 18.1. The highest BCUT2D eigenvalue weighted by Gasteiger charge is 2.19. The highest BCUT2D eigenvalue weighted by molar-refractivity contribution is 5.87. The first-order chi connectivity index (χ1) is 14.7. The molecule has 0 spiro atoms. The number of anilines is 1. The van der Waals surface area contributed by atoms with Gasteiger partial charge in [0.2, 0.25) is 0 Å². The van der Waals surface area contributed by atoms with Gasteiger partial charge >= 0.3 is 0 Å². The molecule has 7 heteroatoms. The van der Waals surface area contributed by atoms with E-state index in [0.717, 1.165) is 61.7 Å². The van der Waals surface area contributed by atoms with Gasteiger partial charge in [0.05, 0.1) is 23.9 Å². The lowest BCUT2D eigenvalue weighted by Gasteiger charge is -2.34. The molecule has 0 aliphatic carbocycles. The Labute approximate surface area is 175 Å². The minimum Gasteiger partial charge on any atom is -0.383 e. The highest BCUT2D eigenvalue weighted by atomic mass is 15.3. The molecule has 3 heterocycles. The zero-order valence-electron chi connectivity index (χ0n) is 16.9. The number of fused-ring (bicyclic) bond motifs is 1. The van der Waals surface area contributed by atoms with Gasteiger partial charge in [-0.1, -0.05) is 30.3 Å². The molecule has 0 bridgehead atoms. The van der Waals surface area contributed by atoms with Crippen molar-refractivity contribution in [3.63, 3.8) is 0 Å². The normalized spacial score (nSPS) is 15.6. The SMILES string of the molecule is Nc1nc(CN2CCN(Cc3cnn(-c4ccccc4)c3)CC2)nc2ccccc12. The Morgan fingerprint density at radius 1 is 0.800 bits per heavy atom. The molecule has 0 saturated carbocycles. The van der Waals surface area contributed by atoms with Crippen LogP contribution in [0.5, 0.6) is 0 Å². The maximum Gasteiger partial charge on any atom is 0.145 e. The van der Waals surface area contributed by atoms with Gasteiger partial charge in [-0.2, -0.15) is 5.10 Å². The summed E-state index contributed by atoms with van der Waals surface area (Å²) < 4.78 is 1.94. The van der Waals surface area contributed by atoms with Crippen LogP contribution in [0.4, 0.5) is 5.82 Å². The van der Waals surface area contributed by atoms with Gasteiger partial charge in [-0.3, -0.25) is 9.80 Å². The fourth-order valence-electron chi connectivity index (χ4n) is 3.95. The summed E-state index contributed by atoms with van der Waals surface area (Å²) >= 11 is 0. The molecule has 5 rings (SSSR count). The first kappa shape index (κ1) is 18.7. The van der Waals surface area contributed by atoms with E-state index in [1.165, 1.54) is 5.56 Å². The largest absolute Gasteiger partial charge is 0.383 e. The number of piperazine rings is 1. The smallest absolute Gasteiger partial charge is 0.145 e. The average Bonchev–Trinajstić information content (AvgIpc) is 3.24. The zero-order valence-corrected chi connectivity index (χ0v) is 16.9. The van der Waals surface area contributed by atoms with Crippen molar-refractivity contribution in [3.05, 3.63) is 78.4 Å². The first-order valence-electron chi connectivity index (χ1n) is 10.3. The van der Waals surface area contributed by atoms with Crippen LogP contribution in [0, 0.1) is 0 Å². The van der Waals surface area contributed by atoms with Gasteiger partial charge in [0, 0.05) is 49.9 Å². The van der Waals surface area contributed by atoms with Crippen LogP contribution in [-0.4, -0.2) is 55.7 Å². The molecule has 0 unspecified atom stereocenters. The van der Waals surface area contributed by atoms with Crippen LogP contribution in [0.25, 0.3) is 16.6 Å². The van der Waals surface area contributed by atoms with Crippen molar-refractivity contribution in [3.8, 4) is 5.69 Å². The van der Waals surface area contributed by atoms with Crippen LogP contribution in [0.2, 0.25) is 0 Å². The summed E-state index contributed by atoms with van der Waals surface area (Å²) in [6.07, 6.45) is 4.08. The molecule has 1 fully saturated rings. The lowest BCUT2D eigenvalue weighted by Crippen LogP contribution is -2.45. The fourth-order valence-corrected chi connectivity index (χ4v) is 3.95.